The summed E-state index contributed by atoms with van der Waals surface area (Å²) < 4.78 is 11.7. The Labute approximate surface area is 116 Å². The molecule has 0 radical (unpaired) electrons. The molecule has 0 spiro atoms. The maximum absolute atomic E-state index is 6.23. The molecule has 3 heteroatoms. The van der Waals surface area contributed by atoms with Crippen molar-refractivity contribution in [2.24, 2.45) is 0 Å². The van der Waals surface area contributed by atoms with Gasteiger partial charge in [-0.15, -0.1) is 0 Å². The van der Waals surface area contributed by atoms with E-state index < -0.39 is 0 Å². The highest BCUT2D eigenvalue weighted by Crippen LogP contribution is 2.35. The molecule has 1 saturated carbocycles. The van der Waals surface area contributed by atoms with Gasteiger partial charge in [0.25, 0.3) is 0 Å². The molecule has 1 aromatic rings. The highest BCUT2D eigenvalue weighted by atomic mass is 16.5. The van der Waals surface area contributed by atoms with Crippen LogP contribution in [0.15, 0.2) is 18.2 Å². The number of ether oxygens (including phenoxy) is 2. The van der Waals surface area contributed by atoms with E-state index in [1.807, 2.05) is 19.2 Å². The number of nitrogens with one attached hydrogen (secondary N) is 1. The molecule has 0 aromatic heterocycles. The quantitative estimate of drug-likeness (QED) is 0.879. The lowest BCUT2D eigenvalue weighted by Crippen LogP contribution is -2.22. The molecule has 1 aliphatic carbocycles. The summed E-state index contributed by atoms with van der Waals surface area (Å²) in [6.45, 7) is 2.13. The molecule has 1 aliphatic rings. The largest absolute Gasteiger partial charge is 0.496 e. The lowest BCUT2D eigenvalue weighted by Gasteiger charge is -2.26. The second-order valence-corrected chi connectivity index (χ2v) is 5.26. The predicted octanol–water partition coefficient (Wildman–Crippen LogP) is 3.69. The molecule has 0 saturated heterocycles. The van der Waals surface area contributed by atoms with Gasteiger partial charge in [-0.05, 0) is 51.8 Å². The number of rotatable bonds is 5. The van der Waals surface area contributed by atoms with E-state index >= 15 is 0 Å². The SMILES string of the molecule is CNC(C)c1c(OC)cccc1OC1CCCCC1. The molecule has 1 N–H and O–H groups in total. The summed E-state index contributed by atoms with van der Waals surface area (Å²) in [6, 6.07) is 6.27. The van der Waals surface area contributed by atoms with Crippen molar-refractivity contribution in [1.29, 1.82) is 0 Å². The minimum absolute atomic E-state index is 0.217. The minimum Gasteiger partial charge on any atom is -0.496 e. The summed E-state index contributed by atoms with van der Waals surface area (Å²) in [7, 11) is 3.67. The van der Waals surface area contributed by atoms with Gasteiger partial charge in [0.05, 0.1) is 18.8 Å². The lowest BCUT2D eigenvalue weighted by atomic mass is 9.97. The first-order chi connectivity index (χ1) is 9.26. The van der Waals surface area contributed by atoms with Crippen molar-refractivity contribution in [3.8, 4) is 11.5 Å². The molecule has 0 bridgehead atoms. The van der Waals surface area contributed by atoms with Crippen LogP contribution in [0.25, 0.3) is 0 Å². The van der Waals surface area contributed by atoms with Crippen molar-refractivity contribution in [3.05, 3.63) is 23.8 Å². The Hall–Kier alpha value is -1.22. The zero-order chi connectivity index (χ0) is 13.7. The molecule has 1 atom stereocenters. The van der Waals surface area contributed by atoms with Crippen LogP contribution in [0.4, 0.5) is 0 Å². The van der Waals surface area contributed by atoms with Gasteiger partial charge in [-0.2, -0.15) is 0 Å². The fourth-order valence-corrected chi connectivity index (χ4v) is 2.74. The van der Waals surface area contributed by atoms with Crippen LogP contribution in [0.1, 0.15) is 50.6 Å². The first-order valence-electron chi connectivity index (χ1n) is 7.27. The highest BCUT2D eigenvalue weighted by molar-refractivity contribution is 5.46. The summed E-state index contributed by atoms with van der Waals surface area (Å²) in [5, 5.41) is 3.27. The summed E-state index contributed by atoms with van der Waals surface area (Å²) in [5.41, 5.74) is 1.12. The maximum Gasteiger partial charge on any atom is 0.128 e. The number of hydrogen-bond acceptors (Lipinski definition) is 3. The molecular formula is C16H25NO2. The average Bonchev–Trinajstić information content (AvgIpc) is 2.47. The van der Waals surface area contributed by atoms with Crippen molar-refractivity contribution >= 4 is 0 Å². The molecule has 1 aromatic carbocycles. The van der Waals surface area contributed by atoms with Gasteiger partial charge >= 0.3 is 0 Å². The summed E-state index contributed by atoms with van der Waals surface area (Å²) in [4.78, 5) is 0. The van der Waals surface area contributed by atoms with Gasteiger partial charge in [0.15, 0.2) is 0 Å². The molecule has 106 valence electrons. The summed E-state index contributed by atoms with van der Waals surface area (Å²) in [6.07, 6.45) is 6.62. The van der Waals surface area contributed by atoms with Gasteiger partial charge in [-0.1, -0.05) is 12.5 Å². The smallest absolute Gasteiger partial charge is 0.128 e. The first kappa shape index (κ1) is 14.2. The van der Waals surface area contributed by atoms with Gasteiger partial charge in [-0.25, -0.2) is 0 Å². The van der Waals surface area contributed by atoms with Crippen LogP contribution < -0.4 is 14.8 Å². The van der Waals surface area contributed by atoms with E-state index in [9.17, 15) is 0 Å². The Morgan fingerprint density at radius 1 is 1.16 bits per heavy atom. The third-order valence-electron chi connectivity index (χ3n) is 3.96. The van der Waals surface area contributed by atoms with E-state index in [4.69, 9.17) is 9.47 Å². The Morgan fingerprint density at radius 2 is 1.84 bits per heavy atom. The van der Waals surface area contributed by atoms with Crippen molar-refractivity contribution < 1.29 is 9.47 Å². The summed E-state index contributed by atoms with van der Waals surface area (Å²) in [5.74, 6) is 1.86. The molecule has 19 heavy (non-hydrogen) atoms. The van der Waals surface area contributed by atoms with Crippen molar-refractivity contribution in [3.63, 3.8) is 0 Å². The van der Waals surface area contributed by atoms with E-state index in [0.29, 0.717) is 6.10 Å². The van der Waals surface area contributed by atoms with E-state index in [-0.39, 0.29) is 6.04 Å². The van der Waals surface area contributed by atoms with Crippen LogP contribution in [0.2, 0.25) is 0 Å². The van der Waals surface area contributed by atoms with Crippen molar-refractivity contribution in [2.45, 2.75) is 51.2 Å². The van der Waals surface area contributed by atoms with Crippen molar-refractivity contribution in [2.75, 3.05) is 14.2 Å². The molecule has 1 fully saturated rings. The zero-order valence-corrected chi connectivity index (χ0v) is 12.2. The highest BCUT2D eigenvalue weighted by Gasteiger charge is 2.20. The predicted molar refractivity (Wildman–Crippen MR) is 78.0 cm³/mol. The van der Waals surface area contributed by atoms with Crippen LogP contribution >= 0.6 is 0 Å². The number of methoxy groups -OCH3 is 1. The fraction of sp³-hybridized carbons (Fsp3) is 0.625. The van der Waals surface area contributed by atoms with Gasteiger partial charge in [0.2, 0.25) is 0 Å². The molecule has 0 amide bonds. The monoisotopic (exact) mass is 263 g/mol. The van der Waals surface area contributed by atoms with E-state index in [2.05, 4.69) is 18.3 Å². The maximum atomic E-state index is 6.23. The van der Waals surface area contributed by atoms with Gasteiger partial charge in [-0.3, -0.25) is 0 Å². The second-order valence-electron chi connectivity index (χ2n) is 5.26. The molecule has 0 heterocycles. The normalized spacial score (nSPS) is 18.1. The number of benzene rings is 1. The Balaban J connectivity index is 2.22. The first-order valence-corrected chi connectivity index (χ1v) is 7.27. The Kier molecular flexibility index (Phi) is 5.08. The molecular weight excluding hydrogens is 238 g/mol. The van der Waals surface area contributed by atoms with Crippen LogP contribution in [-0.2, 0) is 0 Å². The lowest BCUT2D eigenvalue weighted by molar-refractivity contribution is 0.152. The molecule has 1 unspecified atom stereocenters. The van der Waals surface area contributed by atoms with Gasteiger partial charge in [0.1, 0.15) is 11.5 Å². The standard InChI is InChI=1S/C16H25NO2/c1-12(17-2)16-14(18-3)10-7-11-15(16)19-13-8-5-4-6-9-13/h7,10-13,17H,4-6,8-9H2,1-3H3. The number of hydrogen-bond donors (Lipinski definition) is 1. The third-order valence-corrected chi connectivity index (χ3v) is 3.96. The average molecular weight is 263 g/mol. The van der Waals surface area contributed by atoms with Crippen LogP contribution in [0.5, 0.6) is 11.5 Å². The Morgan fingerprint density at radius 3 is 2.47 bits per heavy atom. The molecule has 3 nitrogen and oxygen atoms in total. The van der Waals surface area contributed by atoms with E-state index in [1.54, 1.807) is 7.11 Å². The Bertz CT molecular complexity index is 400. The van der Waals surface area contributed by atoms with Crippen molar-refractivity contribution in [1.82, 2.24) is 5.32 Å². The fourth-order valence-electron chi connectivity index (χ4n) is 2.74. The third kappa shape index (κ3) is 3.41. The minimum atomic E-state index is 0.217. The van der Waals surface area contributed by atoms with E-state index in [0.717, 1.165) is 17.1 Å². The van der Waals surface area contributed by atoms with Gasteiger partial charge in [0, 0.05) is 6.04 Å². The van der Waals surface area contributed by atoms with E-state index in [1.165, 1.54) is 32.1 Å². The second kappa shape index (κ2) is 6.80. The van der Waals surface area contributed by atoms with Crippen LogP contribution in [0.3, 0.4) is 0 Å². The summed E-state index contributed by atoms with van der Waals surface area (Å²) >= 11 is 0. The molecule has 0 aliphatic heterocycles. The van der Waals surface area contributed by atoms with Crippen LogP contribution in [-0.4, -0.2) is 20.3 Å². The zero-order valence-electron chi connectivity index (χ0n) is 12.2. The van der Waals surface area contributed by atoms with Crippen LogP contribution in [0, 0.1) is 0 Å². The molecule has 2 rings (SSSR count). The van der Waals surface area contributed by atoms with Gasteiger partial charge < -0.3 is 14.8 Å². The topological polar surface area (TPSA) is 30.5 Å².